The summed E-state index contributed by atoms with van der Waals surface area (Å²) in [4.78, 5) is 0. The highest BCUT2D eigenvalue weighted by atomic mass is 15.1. The van der Waals surface area contributed by atoms with E-state index in [1.165, 1.54) is 28.7 Å². The summed E-state index contributed by atoms with van der Waals surface area (Å²) in [5.41, 5.74) is 5.99. The quantitative estimate of drug-likeness (QED) is 0.392. The van der Waals surface area contributed by atoms with E-state index in [2.05, 4.69) is 96.2 Å². The van der Waals surface area contributed by atoms with Crippen LogP contribution in [0.15, 0.2) is 61.0 Å². The molecule has 3 rings (SSSR count). The van der Waals surface area contributed by atoms with Crippen LogP contribution in [0, 0.1) is 29.1 Å². The summed E-state index contributed by atoms with van der Waals surface area (Å²) >= 11 is 0. The zero-order chi connectivity index (χ0) is 22.9. The molecule has 1 aromatic rings. The number of hydrogen-bond acceptors (Lipinski definition) is 2. The largest absolute Gasteiger partial charge is 0.370 e. The second-order valence-electron chi connectivity index (χ2n) is 11.0. The van der Waals surface area contributed by atoms with Crippen molar-refractivity contribution in [2.45, 2.75) is 79.3 Å². The van der Waals surface area contributed by atoms with E-state index in [0.29, 0.717) is 29.2 Å². The standard InChI is InChI=1S/C29H44N2/c1-10-26-27(29(26,8)9)25(18(2)3)15-20(6)28(31-21(7)30-19(4)5)24-16-22-13-11-12-14-23(22)17-24/h11-14,19,24-28,30-31H,2,6-7,10,15-17H2,1,3-5,8-9H3. The maximum absolute atomic E-state index is 4.65. The van der Waals surface area contributed by atoms with Crippen LogP contribution in [0.25, 0.3) is 0 Å². The molecule has 2 aliphatic rings. The van der Waals surface area contributed by atoms with Crippen LogP contribution >= 0.6 is 0 Å². The number of nitrogens with one attached hydrogen (secondary N) is 2. The van der Waals surface area contributed by atoms with Crippen molar-refractivity contribution < 1.29 is 0 Å². The fraction of sp³-hybridized carbons (Fsp3) is 0.586. The molecule has 2 aliphatic carbocycles. The monoisotopic (exact) mass is 420 g/mol. The first-order valence-electron chi connectivity index (χ1n) is 12.2. The van der Waals surface area contributed by atoms with Gasteiger partial charge in [-0.3, -0.25) is 0 Å². The zero-order valence-electron chi connectivity index (χ0n) is 20.7. The average molecular weight is 421 g/mol. The second-order valence-corrected chi connectivity index (χ2v) is 11.0. The van der Waals surface area contributed by atoms with Crippen molar-refractivity contribution in [1.29, 1.82) is 0 Å². The van der Waals surface area contributed by atoms with Gasteiger partial charge in [-0.1, -0.05) is 82.3 Å². The van der Waals surface area contributed by atoms with E-state index < -0.39 is 0 Å². The molecular formula is C29H44N2. The van der Waals surface area contributed by atoms with Gasteiger partial charge in [-0.05, 0) is 80.2 Å². The maximum Gasteiger partial charge on any atom is 0.0919 e. The zero-order valence-corrected chi connectivity index (χ0v) is 20.7. The van der Waals surface area contributed by atoms with Crippen LogP contribution < -0.4 is 10.6 Å². The third-order valence-electron chi connectivity index (χ3n) is 7.91. The Kier molecular flexibility index (Phi) is 7.08. The molecule has 170 valence electrons. The van der Waals surface area contributed by atoms with Gasteiger partial charge in [0.05, 0.1) is 11.9 Å². The SMILES string of the molecule is C=C(NC(C)C)NC(C(=C)CC(C(=C)C)C1C(CC)C1(C)C)C1Cc2ccccc2C1. The second kappa shape index (κ2) is 9.27. The van der Waals surface area contributed by atoms with E-state index in [1.54, 1.807) is 0 Å². The van der Waals surface area contributed by atoms with Crippen LogP contribution in [0.5, 0.6) is 0 Å². The minimum absolute atomic E-state index is 0.218. The Labute approximate surface area is 191 Å². The van der Waals surface area contributed by atoms with Gasteiger partial charge in [0.1, 0.15) is 0 Å². The van der Waals surface area contributed by atoms with Gasteiger partial charge >= 0.3 is 0 Å². The normalized spacial score (nSPS) is 23.7. The lowest BCUT2D eigenvalue weighted by Gasteiger charge is -2.32. The molecule has 0 aromatic heterocycles. The van der Waals surface area contributed by atoms with E-state index >= 15 is 0 Å². The third-order valence-corrected chi connectivity index (χ3v) is 7.91. The fourth-order valence-electron chi connectivity index (χ4n) is 6.34. The van der Waals surface area contributed by atoms with E-state index in [-0.39, 0.29) is 6.04 Å². The highest BCUT2D eigenvalue weighted by molar-refractivity contribution is 5.34. The van der Waals surface area contributed by atoms with E-state index in [1.807, 2.05) is 0 Å². The summed E-state index contributed by atoms with van der Waals surface area (Å²) in [5.74, 6) is 3.43. The van der Waals surface area contributed by atoms with Crippen LogP contribution in [0.1, 0.15) is 65.5 Å². The first kappa shape index (κ1) is 23.7. The number of allylic oxidation sites excluding steroid dienone is 1. The van der Waals surface area contributed by atoms with Crippen LogP contribution in [0.3, 0.4) is 0 Å². The number of fused-ring (bicyclic) bond motifs is 1. The molecule has 0 heterocycles. The van der Waals surface area contributed by atoms with Crippen molar-refractivity contribution in [3.8, 4) is 0 Å². The Balaban J connectivity index is 1.78. The van der Waals surface area contributed by atoms with Crippen molar-refractivity contribution in [1.82, 2.24) is 10.6 Å². The molecule has 0 saturated heterocycles. The predicted octanol–water partition coefficient (Wildman–Crippen LogP) is 6.65. The number of hydrogen-bond donors (Lipinski definition) is 2. The third kappa shape index (κ3) is 5.10. The summed E-state index contributed by atoms with van der Waals surface area (Å²) in [7, 11) is 0. The lowest BCUT2D eigenvalue weighted by atomic mass is 9.81. The van der Waals surface area contributed by atoms with Crippen LogP contribution in [0.2, 0.25) is 0 Å². The van der Waals surface area contributed by atoms with Crippen LogP contribution in [-0.2, 0) is 12.8 Å². The summed E-state index contributed by atoms with van der Waals surface area (Å²) in [6, 6.07) is 9.46. The first-order valence-corrected chi connectivity index (χ1v) is 12.2. The highest BCUT2D eigenvalue weighted by Gasteiger charge is 2.59. The molecule has 1 saturated carbocycles. The van der Waals surface area contributed by atoms with Gasteiger partial charge in [-0.2, -0.15) is 0 Å². The molecule has 0 bridgehead atoms. The molecule has 0 amide bonds. The van der Waals surface area contributed by atoms with Gasteiger partial charge in [0.15, 0.2) is 0 Å². The molecule has 0 aliphatic heterocycles. The molecule has 2 N–H and O–H groups in total. The van der Waals surface area contributed by atoms with Gasteiger partial charge < -0.3 is 10.6 Å². The first-order chi connectivity index (χ1) is 14.6. The van der Waals surface area contributed by atoms with Crippen LogP contribution in [-0.4, -0.2) is 12.1 Å². The van der Waals surface area contributed by atoms with Gasteiger partial charge in [-0.15, -0.1) is 0 Å². The molecule has 0 radical (unpaired) electrons. The van der Waals surface area contributed by atoms with Gasteiger partial charge in [0.2, 0.25) is 0 Å². The minimum Gasteiger partial charge on any atom is -0.370 e. The number of benzene rings is 1. The van der Waals surface area contributed by atoms with Crippen molar-refractivity contribution >= 4 is 0 Å². The highest BCUT2D eigenvalue weighted by Crippen LogP contribution is 2.65. The summed E-state index contributed by atoms with van der Waals surface area (Å²) in [6.07, 6.45) is 4.47. The lowest BCUT2D eigenvalue weighted by molar-refractivity contribution is 0.378. The van der Waals surface area contributed by atoms with Crippen LogP contribution in [0.4, 0.5) is 0 Å². The topological polar surface area (TPSA) is 24.1 Å². The Hall–Kier alpha value is -1.96. The molecule has 2 heteroatoms. The van der Waals surface area contributed by atoms with E-state index in [0.717, 1.165) is 31.0 Å². The predicted molar refractivity (Wildman–Crippen MR) is 135 cm³/mol. The lowest BCUT2D eigenvalue weighted by Crippen LogP contribution is -2.43. The summed E-state index contributed by atoms with van der Waals surface area (Å²) in [5, 5.41) is 7.19. The summed E-state index contributed by atoms with van der Waals surface area (Å²) in [6.45, 7) is 27.0. The Morgan fingerprint density at radius 2 is 1.65 bits per heavy atom. The van der Waals surface area contributed by atoms with Crippen molar-refractivity contribution in [3.05, 3.63) is 72.1 Å². The molecule has 4 unspecified atom stereocenters. The molecule has 2 nitrogen and oxygen atoms in total. The fourth-order valence-corrected chi connectivity index (χ4v) is 6.34. The Morgan fingerprint density at radius 3 is 2.10 bits per heavy atom. The number of rotatable bonds is 11. The maximum atomic E-state index is 4.65. The molecular weight excluding hydrogens is 376 g/mol. The molecule has 4 atom stereocenters. The van der Waals surface area contributed by atoms with Crippen molar-refractivity contribution in [3.63, 3.8) is 0 Å². The van der Waals surface area contributed by atoms with Crippen molar-refractivity contribution in [2.75, 3.05) is 0 Å². The average Bonchev–Trinajstić information content (AvgIpc) is 3.02. The smallest absolute Gasteiger partial charge is 0.0919 e. The minimum atomic E-state index is 0.218. The van der Waals surface area contributed by atoms with Gasteiger partial charge in [-0.25, -0.2) is 0 Å². The molecule has 31 heavy (non-hydrogen) atoms. The molecule has 0 spiro atoms. The van der Waals surface area contributed by atoms with Crippen molar-refractivity contribution in [2.24, 2.45) is 29.1 Å². The van der Waals surface area contributed by atoms with E-state index in [4.69, 9.17) is 0 Å². The van der Waals surface area contributed by atoms with Gasteiger partial charge in [0.25, 0.3) is 0 Å². The Morgan fingerprint density at radius 1 is 1.06 bits per heavy atom. The Bertz CT molecular complexity index is 806. The summed E-state index contributed by atoms with van der Waals surface area (Å²) < 4.78 is 0. The molecule has 1 aromatic carbocycles. The molecule has 1 fully saturated rings. The van der Waals surface area contributed by atoms with E-state index in [9.17, 15) is 0 Å². The van der Waals surface area contributed by atoms with Gasteiger partial charge in [0, 0.05) is 6.04 Å².